The summed E-state index contributed by atoms with van der Waals surface area (Å²) >= 11 is 1.35. The standard InChI is InChI=1S/C15H16BN3O6S/c20-12-8(2-1-3-9(12)14(22)23)6-11(16(24)25)18-13(21)10-7-19-4-5-26-15(19)17-10/h3-5,7-8,11,24-25H,1-2,6H2,(H,18,21)(H,22,23). The van der Waals surface area contributed by atoms with Gasteiger partial charge in [-0.3, -0.25) is 14.0 Å². The zero-order chi connectivity index (χ0) is 18.8. The molecule has 0 radical (unpaired) electrons. The molecule has 0 fully saturated rings. The maximum Gasteiger partial charge on any atom is 0.475 e. The molecule has 0 spiro atoms. The Hall–Kier alpha value is -2.50. The van der Waals surface area contributed by atoms with Gasteiger partial charge in [-0.25, -0.2) is 9.78 Å². The van der Waals surface area contributed by atoms with Crippen LogP contribution >= 0.6 is 11.3 Å². The Morgan fingerprint density at radius 3 is 2.88 bits per heavy atom. The van der Waals surface area contributed by atoms with Crippen LogP contribution in [-0.2, 0) is 9.59 Å². The van der Waals surface area contributed by atoms with Gasteiger partial charge in [0, 0.05) is 23.7 Å². The van der Waals surface area contributed by atoms with Gasteiger partial charge in [-0.1, -0.05) is 6.08 Å². The number of allylic oxidation sites excluding steroid dienone is 1. The molecule has 2 aromatic heterocycles. The number of rotatable bonds is 6. The van der Waals surface area contributed by atoms with Gasteiger partial charge < -0.3 is 20.5 Å². The van der Waals surface area contributed by atoms with Crippen molar-refractivity contribution in [3.63, 3.8) is 0 Å². The summed E-state index contributed by atoms with van der Waals surface area (Å²) in [6.45, 7) is 0. The Morgan fingerprint density at radius 1 is 1.46 bits per heavy atom. The highest BCUT2D eigenvalue weighted by Crippen LogP contribution is 2.25. The van der Waals surface area contributed by atoms with E-state index in [0.717, 1.165) is 0 Å². The number of amides is 1. The number of carbonyl (C=O) groups excluding carboxylic acids is 2. The van der Waals surface area contributed by atoms with E-state index >= 15 is 0 Å². The van der Waals surface area contributed by atoms with Crippen molar-refractivity contribution < 1.29 is 29.5 Å². The number of ketones is 1. The third kappa shape index (κ3) is 3.69. The van der Waals surface area contributed by atoms with Crippen molar-refractivity contribution in [2.45, 2.75) is 25.2 Å². The average Bonchev–Trinajstić information content (AvgIpc) is 3.17. The van der Waals surface area contributed by atoms with Gasteiger partial charge in [0.25, 0.3) is 5.91 Å². The molecule has 2 atom stereocenters. The third-order valence-corrected chi connectivity index (χ3v) is 5.04. The van der Waals surface area contributed by atoms with Crippen molar-refractivity contribution in [2.75, 3.05) is 0 Å². The molecule has 1 aliphatic rings. The van der Waals surface area contributed by atoms with Crippen LogP contribution in [0.15, 0.2) is 29.4 Å². The van der Waals surface area contributed by atoms with Gasteiger partial charge in [0.2, 0.25) is 0 Å². The lowest BCUT2D eigenvalue weighted by Gasteiger charge is -2.25. The SMILES string of the molecule is O=C(O)C1=CCCC(CC(NC(=O)c2cn3ccsc3n2)B(O)O)C1=O. The number of aromatic nitrogens is 2. The molecule has 0 saturated carbocycles. The number of nitrogens with one attached hydrogen (secondary N) is 1. The summed E-state index contributed by atoms with van der Waals surface area (Å²) in [4.78, 5) is 40.4. The molecule has 26 heavy (non-hydrogen) atoms. The summed E-state index contributed by atoms with van der Waals surface area (Å²) in [5.41, 5.74) is -0.184. The lowest BCUT2D eigenvalue weighted by Crippen LogP contribution is -2.48. The zero-order valence-corrected chi connectivity index (χ0v) is 14.3. The molecule has 136 valence electrons. The van der Waals surface area contributed by atoms with Crippen LogP contribution in [0.4, 0.5) is 0 Å². The van der Waals surface area contributed by atoms with E-state index in [4.69, 9.17) is 5.11 Å². The minimum absolute atomic E-state index is 0.0743. The number of carboxylic acid groups (broad SMARTS) is 1. The zero-order valence-electron chi connectivity index (χ0n) is 13.5. The van der Waals surface area contributed by atoms with Crippen LogP contribution in [0.5, 0.6) is 0 Å². The predicted octanol–water partition coefficient (Wildman–Crippen LogP) is -0.114. The fourth-order valence-electron chi connectivity index (χ4n) is 2.94. The molecule has 2 unspecified atom stereocenters. The molecule has 2 heterocycles. The molecular weight excluding hydrogens is 361 g/mol. The van der Waals surface area contributed by atoms with Crippen molar-refractivity contribution >= 4 is 41.1 Å². The Bertz CT molecular complexity index is 860. The first kappa shape index (κ1) is 18.3. The number of hydrogen-bond acceptors (Lipinski definition) is 7. The van der Waals surface area contributed by atoms with Crippen LogP contribution in [-0.4, -0.2) is 55.3 Å². The number of nitrogens with zero attached hydrogens (tertiary/aromatic N) is 2. The van der Waals surface area contributed by atoms with Gasteiger partial charge in [0.1, 0.15) is 5.69 Å². The Morgan fingerprint density at radius 2 is 2.23 bits per heavy atom. The topological polar surface area (TPSA) is 141 Å². The molecular formula is C15H16BN3O6S. The lowest BCUT2D eigenvalue weighted by molar-refractivity contribution is -0.135. The summed E-state index contributed by atoms with van der Waals surface area (Å²) in [6.07, 6.45) is 5.32. The minimum atomic E-state index is -1.89. The van der Waals surface area contributed by atoms with E-state index in [2.05, 4.69) is 10.3 Å². The number of carboxylic acids is 1. The fourth-order valence-corrected chi connectivity index (χ4v) is 3.64. The first-order chi connectivity index (χ1) is 12.4. The van der Waals surface area contributed by atoms with E-state index in [-0.39, 0.29) is 17.7 Å². The Labute approximate surface area is 152 Å². The van der Waals surface area contributed by atoms with Gasteiger partial charge in [0.05, 0.1) is 11.5 Å². The van der Waals surface area contributed by atoms with Gasteiger partial charge >= 0.3 is 13.1 Å². The Kier molecular flexibility index (Phi) is 5.21. The largest absolute Gasteiger partial charge is 0.478 e. The van der Waals surface area contributed by atoms with Crippen LogP contribution in [0.25, 0.3) is 4.96 Å². The molecule has 2 aromatic rings. The number of fused-ring (bicyclic) bond motifs is 1. The summed E-state index contributed by atoms with van der Waals surface area (Å²) in [5, 5.41) is 32.5. The highest BCUT2D eigenvalue weighted by atomic mass is 32.1. The first-order valence-electron chi connectivity index (χ1n) is 7.93. The summed E-state index contributed by atoms with van der Waals surface area (Å²) in [5.74, 6) is -4.29. The van der Waals surface area contributed by atoms with Crippen LogP contribution < -0.4 is 5.32 Å². The van der Waals surface area contributed by atoms with Crippen molar-refractivity contribution in [1.82, 2.24) is 14.7 Å². The molecule has 0 aliphatic heterocycles. The number of thiazole rings is 1. The van der Waals surface area contributed by atoms with Crippen molar-refractivity contribution in [3.05, 3.63) is 35.1 Å². The second kappa shape index (κ2) is 7.40. The fraction of sp³-hybridized carbons (Fsp3) is 0.333. The number of aliphatic carboxylic acids is 1. The molecule has 1 amide bonds. The summed E-state index contributed by atoms with van der Waals surface area (Å²) < 4.78 is 1.67. The predicted molar refractivity (Wildman–Crippen MR) is 92.6 cm³/mol. The van der Waals surface area contributed by atoms with E-state index in [9.17, 15) is 24.4 Å². The lowest BCUT2D eigenvalue weighted by atomic mass is 9.71. The van der Waals surface area contributed by atoms with E-state index in [0.29, 0.717) is 17.8 Å². The first-order valence-corrected chi connectivity index (χ1v) is 8.81. The van der Waals surface area contributed by atoms with Gasteiger partial charge in [0.15, 0.2) is 10.7 Å². The molecule has 9 nitrogen and oxygen atoms in total. The second-order valence-electron chi connectivity index (χ2n) is 6.01. The number of Topliss-reactive ketones (excluding diaryl/α,β-unsaturated/α-hetero) is 1. The number of carbonyl (C=O) groups is 3. The third-order valence-electron chi connectivity index (χ3n) is 4.27. The highest BCUT2D eigenvalue weighted by Gasteiger charge is 2.35. The molecule has 1 aliphatic carbocycles. The van der Waals surface area contributed by atoms with E-state index < -0.39 is 36.6 Å². The maximum atomic E-state index is 12.3. The number of hydrogen-bond donors (Lipinski definition) is 4. The quantitative estimate of drug-likeness (QED) is 0.406. The van der Waals surface area contributed by atoms with Crippen LogP contribution in [0.1, 0.15) is 29.8 Å². The summed E-state index contributed by atoms with van der Waals surface area (Å²) in [6, 6.07) is 0. The van der Waals surface area contributed by atoms with Crippen molar-refractivity contribution in [2.24, 2.45) is 5.92 Å². The summed E-state index contributed by atoms with van der Waals surface area (Å²) in [7, 11) is -1.89. The maximum absolute atomic E-state index is 12.3. The van der Waals surface area contributed by atoms with Crippen LogP contribution in [0, 0.1) is 5.92 Å². The van der Waals surface area contributed by atoms with Gasteiger partial charge in [-0.2, -0.15) is 0 Å². The van der Waals surface area contributed by atoms with E-state index in [1.54, 1.807) is 10.6 Å². The van der Waals surface area contributed by atoms with Crippen LogP contribution in [0.2, 0.25) is 0 Å². The molecule has 0 saturated heterocycles. The normalized spacial score (nSPS) is 18.5. The molecule has 3 rings (SSSR count). The Balaban J connectivity index is 1.70. The van der Waals surface area contributed by atoms with E-state index in [1.807, 2.05) is 5.38 Å². The molecule has 11 heteroatoms. The second-order valence-corrected chi connectivity index (χ2v) is 6.88. The monoisotopic (exact) mass is 377 g/mol. The highest BCUT2D eigenvalue weighted by molar-refractivity contribution is 7.15. The smallest absolute Gasteiger partial charge is 0.475 e. The van der Waals surface area contributed by atoms with Crippen molar-refractivity contribution in [3.8, 4) is 0 Å². The number of imidazole rings is 1. The molecule has 4 N–H and O–H groups in total. The van der Waals surface area contributed by atoms with Crippen LogP contribution in [0.3, 0.4) is 0 Å². The minimum Gasteiger partial charge on any atom is -0.478 e. The van der Waals surface area contributed by atoms with E-state index in [1.165, 1.54) is 23.6 Å². The molecule has 0 aromatic carbocycles. The van der Waals surface area contributed by atoms with Gasteiger partial charge in [-0.05, 0) is 19.3 Å². The average molecular weight is 377 g/mol. The van der Waals surface area contributed by atoms with Gasteiger partial charge in [-0.15, -0.1) is 11.3 Å². The van der Waals surface area contributed by atoms with Crippen molar-refractivity contribution in [1.29, 1.82) is 0 Å². The molecule has 0 bridgehead atoms.